The van der Waals surface area contributed by atoms with E-state index in [4.69, 9.17) is 4.74 Å². The molecule has 2 aliphatic heterocycles. The van der Waals surface area contributed by atoms with Gasteiger partial charge < -0.3 is 20.3 Å². The van der Waals surface area contributed by atoms with Gasteiger partial charge in [0.15, 0.2) is 0 Å². The molecule has 1 fully saturated rings. The Morgan fingerprint density at radius 3 is 2.66 bits per heavy atom. The number of anilines is 1. The van der Waals surface area contributed by atoms with Crippen LogP contribution in [-0.2, 0) is 9.53 Å². The molecule has 0 saturated carbocycles. The third-order valence-electron chi connectivity index (χ3n) is 5.94. The van der Waals surface area contributed by atoms with Crippen LogP contribution in [0.3, 0.4) is 0 Å². The molecule has 0 unspecified atom stereocenters. The number of rotatable bonds is 6. The summed E-state index contributed by atoms with van der Waals surface area (Å²) in [6.45, 7) is 10.3. The van der Waals surface area contributed by atoms with Gasteiger partial charge in [-0.3, -0.25) is 4.90 Å². The number of carbonyl (C=O) groups excluding carboxylic acids is 2. The number of ether oxygens (including phenoxy) is 1. The second kappa shape index (κ2) is 9.75. The molecule has 1 saturated heterocycles. The van der Waals surface area contributed by atoms with Crippen LogP contribution in [0.5, 0.6) is 0 Å². The van der Waals surface area contributed by atoms with Crippen molar-refractivity contribution in [3.8, 4) is 0 Å². The molecule has 0 bridgehead atoms. The Morgan fingerprint density at radius 2 is 1.97 bits per heavy atom. The standard InChI is InChI=1S/C24H30N4O3S/c1-4-31-23(29)21-18(25-24(30)26-22(21)20-6-5-13-32-20)15-27-9-11-28(12-10-27)19-14-16(2)7-8-17(19)3/h5-8,13-14,22H,4,9-12,15H2,1-3H3,(H2,25,26,30)/t22-/m0/s1. The first-order chi connectivity index (χ1) is 15.5. The fourth-order valence-electron chi connectivity index (χ4n) is 4.29. The van der Waals surface area contributed by atoms with Gasteiger partial charge in [-0.15, -0.1) is 11.3 Å². The van der Waals surface area contributed by atoms with Crippen molar-refractivity contribution in [2.75, 3.05) is 44.2 Å². The number of nitrogens with zero attached hydrogens (tertiary/aromatic N) is 2. The number of amides is 2. The fourth-order valence-corrected chi connectivity index (χ4v) is 5.08. The molecule has 2 amide bonds. The van der Waals surface area contributed by atoms with Crippen LogP contribution in [0.25, 0.3) is 0 Å². The second-order valence-corrected chi connectivity index (χ2v) is 9.19. The SMILES string of the molecule is CCOC(=O)C1=C(CN2CCN(c3cc(C)ccc3C)CC2)NC(=O)N[C@H]1c1cccs1. The topological polar surface area (TPSA) is 73.9 Å². The number of piperazine rings is 1. The molecule has 1 aromatic heterocycles. The van der Waals surface area contributed by atoms with E-state index < -0.39 is 6.04 Å². The van der Waals surface area contributed by atoms with Crippen LogP contribution < -0.4 is 15.5 Å². The summed E-state index contributed by atoms with van der Waals surface area (Å²) in [6.07, 6.45) is 0. The summed E-state index contributed by atoms with van der Waals surface area (Å²) in [5, 5.41) is 7.72. The van der Waals surface area contributed by atoms with Crippen molar-refractivity contribution in [3.63, 3.8) is 0 Å². The summed E-state index contributed by atoms with van der Waals surface area (Å²) in [5.41, 5.74) is 4.94. The number of nitrogens with one attached hydrogen (secondary N) is 2. The molecule has 0 aliphatic carbocycles. The lowest BCUT2D eigenvalue weighted by Crippen LogP contribution is -2.51. The van der Waals surface area contributed by atoms with E-state index in [1.54, 1.807) is 6.92 Å². The predicted octanol–water partition coefficient (Wildman–Crippen LogP) is 3.36. The third kappa shape index (κ3) is 4.81. The molecule has 32 heavy (non-hydrogen) atoms. The van der Waals surface area contributed by atoms with Crippen LogP contribution in [-0.4, -0.2) is 56.2 Å². The largest absolute Gasteiger partial charge is 0.463 e. The van der Waals surface area contributed by atoms with Crippen molar-refractivity contribution in [2.45, 2.75) is 26.8 Å². The first kappa shape index (κ1) is 22.4. The molecule has 3 heterocycles. The first-order valence-corrected chi connectivity index (χ1v) is 11.9. The van der Waals surface area contributed by atoms with E-state index >= 15 is 0 Å². The molecule has 8 heteroatoms. The molecule has 170 valence electrons. The zero-order valence-electron chi connectivity index (χ0n) is 18.8. The Hall–Kier alpha value is -2.84. The number of hydrogen-bond donors (Lipinski definition) is 2. The van der Waals surface area contributed by atoms with Crippen LogP contribution in [0.4, 0.5) is 10.5 Å². The van der Waals surface area contributed by atoms with Crippen molar-refractivity contribution in [3.05, 3.63) is 63.0 Å². The van der Waals surface area contributed by atoms with Crippen LogP contribution >= 0.6 is 11.3 Å². The number of urea groups is 1. The Balaban J connectivity index is 1.53. The van der Waals surface area contributed by atoms with Crippen LogP contribution in [0.2, 0.25) is 0 Å². The number of hydrogen-bond acceptors (Lipinski definition) is 6. The van der Waals surface area contributed by atoms with Crippen molar-refractivity contribution in [1.82, 2.24) is 15.5 Å². The fraction of sp³-hybridized carbons (Fsp3) is 0.417. The lowest BCUT2D eigenvalue weighted by Gasteiger charge is -2.38. The summed E-state index contributed by atoms with van der Waals surface area (Å²) in [6, 6.07) is 9.62. The molecule has 2 N–H and O–H groups in total. The maximum absolute atomic E-state index is 12.9. The minimum atomic E-state index is -0.492. The summed E-state index contributed by atoms with van der Waals surface area (Å²) in [5.74, 6) is -0.387. The average molecular weight is 455 g/mol. The van der Waals surface area contributed by atoms with Crippen LogP contribution in [0.15, 0.2) is 47.0 Å². The Kier molecular flexibility index (Phi) is 6.81. The summed E-state index contributed by atoms with van der Waals surface area (Å²) in [7, 11) is 0. The zero-order valence-corrected chi connectivity index (χ0v) is 19.6. The van der Waals surface area contributed by atoms with Gasteiger partial charge in [-0.05, 0) is 49.4 Å². The van der Waals surface area contributed by atoms with E-state index in [2.05, 4.69) is 52.5 Å². The molecule has 0 spiro atoms. The quantitative estimate of drug-likeness (QED) is 0.655. The molecule has 2 aliphatic rings. The van der Waals surface area contributed by atoms with Crippen molar-refractivity contribution in [2.24, 2.45) is 0 Å². The minimum Gasteiger partial charge on any atom is -0.463 e. The Morgan fingerprint density at radius 1 is 1.19 bits per heavy atom. The summed E-state index contributed by atoms with van der Waals surface area (Å²) >= 11 is 1.51. The van der Waals surface area contributed by atoms with E-state index in [9.17, 15) is 9.59 Å². The molecule has 2 aromatic rings. The van der Waals surface area contributed by atoms with E-state index in [1.165, 1.54) is 28.2 Å². The summed E-state index contributed by atoms with van der Waals surface area (Å²) in [4.78, 5) is 30.9. The van der Waals surface area contributed by atoms with Gasteiger partial charge >= 0.3 is 12.0 Å². The molecule has 1 atom stereocenters. The molecular formula is C24H30N4O3S. The number of thiophene rings is 1. The predicted molar refractivity (Wildman–Crippen MR) is 127 cm³/mol. The zero-order chi connectivity index (χ0) is 22.7. The van der Waals surface area contributed by atoms with Crippen LogP contribution in [0, 0.1) is 13.8 Å². The van der Waals surface area contributed by atoms with Crippen molar-refractivity contribution >= 4 is 29.0 Å². The number of carbonyl (C=O) groups is 2. The van der Waals surface area contributed by atoms with Crippen LogP contribution in [0.1, 0.15) is 29.0 Å². The molecule has 7 nitrogen and oxygen atoms in total. The number of benzene rings is 1. The normalized spacial score (nSPS) is 19.5. The minimum absolute atomic E-state index is 0.287. The van der Waals surface area contributed by atoms with E-state index in [-0.39, 0.29) is 18.6 Å². The smallest absolute Gasteiger partial charge is 0.338 e. The van der Waals surface area contributed by atoms with Gasteiger partial charge in [0.1, 0.15) is 0 Å². The highest BCUT2D eigenvalue weighted by Crippen LogP contribution is 2.31. The second-order valence-electron chi connectivity index (χ2n) is 8.21. The highest BCUT2D eigenvalue weighted by atomic mass is 32.1. The van der Waals surface area contributed by atoms with Gasteiger partial charge in [0.05, 0.1) is 18.2 Å². The first-order valence-electron chi connectivity index (χ1n) is 11.0. The lowest BCUT2D eigenvalue weighted by atomic mass is 10.0. The third-order valence-corrected chi connectivity index (χ3v) is 6.87. The lowest BCUT2D eigenvalue weighted by molar-refractivity contribution is -0.139. The van der Waals surface area contributed by atoms with Crippen molar-refractivity contribution in [1.29, 1.82) is 0 Å². The van der Waals surface area contributed by atoms with Gasteiger partial charge in [-0.1, -0.05) is 18.2 Å². The Labute approximate surface area is 193 Å². The van der Waals surface area contributed by atoms with E-state index in [1.807, 2.05) is 17.5 Å². The van der Waals surface area contributed by atoms with E-state index in [0.29, 0.717) is 17.8 Å². The average Bonchev–Trinajstić information content (AvgIpc) is 3.31. The number of aryl methyl sites for hydroxylation is 2. The summed E-state index contributed by atoms with van der Waals surface area (Å²) < 4.78 is 5.35. The molecule has 0 radical (unpaired) electrons. The van der Waals surface area contributed by atoms with Gasteiger partial charge in [0.25, 0.3) is 0 Å². The molecule has 1 aromatic carbocycles. The highest BCUT2D eigenvalue weighted by Gasteiger charge is 2.35. The molecule has 4 rings (SSSR count). The van der Waals surface area contributed by atoms with Gasteiger partial charge in [0, 0.05) is 49.0 Å². The van der Waals surface area contributed by atoms with Gasteiger partial charge in [-0.2, -0.15) is 0 Å². The maximum Gasteiger partial charge on any atom is 0.338 e. The highest BCUT2D eigenvalue weighted by molar-refractivity contribution is 7.10. The number of esters is 1. The van der Waals surface area contributed by atoms with E-state index in [0.717, 1.165) is 31.1 Å². The molecular weight excluding hydrogens is 424 g/mol. The van der Waals surface area contributed by atoms with Gasteiger partial charge in [0.2, 0.25) is 0 Å². The maximum atomic E-state index is 12.9. The van der Waals surface area contributed by atoms with Crippen molar-refractivity contribution < 1.29 is 14.3 Å². The monoisotopic (exact) mass is 454 g/mol. The Bertz CT molecular complexity index is 1010. The van der Waals surface area contributed by atoms with Gasteiger partial charge in [-0.25, -0.2) is 9.59 Å².